The van der Waals surface area contributed by atoms with Crippen molar-refractivity contribution >= 4 is 64.3 Å². The van der Waals surface area contributed by atoms with Crippen LogP contribution in [0.2, 0.25) is 0 Å². The Labute approximate surface area is 116 Å². The Kier molecular flexibility index (Phi) is 39.2. The molecule has 80 valence electrons. The molecule has 0 aliphatic carbocycles. The van der Waals surface area contributed by atoms with Crippen LogP contribution < -0.4 is 11.1 Å². The molecule has 0 spiro atoms. The molecule has 0 aromatic rings. The molecule has 0 unspecified atom stereocenters. The van der Waals surface area contributed by atoms with Crippen LogP contribution in [-0.2, 0) is 0 Å². The summed E-state index contributed by atoms with van der Waals surface area (Å²) in [7, 11) is 1.00. The van der Waals surface area contributed by atoms with Gasteiger partial charge in [-0.2, -0.15) is 0 Å². The molecular weight excluding hydrogens is 235 g/mol. The zero-order chi connectivity index (χ0) is 11.3. The molecule has 0 bridgehead atoms. The molecule has 0 atom stereocenters. The van der Waals surface area contributed by atoms with Gasteiger partial charge >= 0.3 is 29.6 Å². The number of aliphatic hydroxyl groups excluding tert-OH is 3. The predicted molar refractivity (Wildman–Crippen MR) is 68.1 cm³/mol. The predicted octanol–water partition coefficient (Wildman–Crippen LogP) is -0.647. The van der Waals surface area contributed by atoms with E-state index in [1.165, 1.54) is 0 Å². The van der Waals surface area contributed by atoms with E-state index in [4.69, 9.17) is 15.3 Å². The van der Waals surface area contributed by atoms with Crippen LogP contribution in [0.1, 0.15) is 0 Å². The first kappa shape index (κ1) is 23.7. The number of nitrogens with two attached hydrogens (primary N) is 1. The Balaban J connectivity index is -0.0000000620. The number of thiocarbonyl (C=S) groups is 2. The fraction of sp³-hybridized carbons (Fsp3) is 0.333. The van der Waals surface area contributed by atoms with Gasteiger partial charge in [0, 0.05) is 13.7 Å². The van der Waals surface area contributed by atoms with Crippen LogP contribution in [-0.4, -0.2) is 68.9 Å². The fourth-order valence-corrected chi connectivity index (χ4v) is 0.243. The van der Waals surface area contributed by atoms with Crippen LogP contribution in [0.3, 0.4) is 0 Å². The van der Waals surface area contributed by atoms with E-state index in [0.717, 1.165) is 7.11 Å². The van der Waals surface area contributed by atoms with Crippen LogP contribution in [0, 0.1) is 0 Å². The molecule has 0 saturated heterocycles. The molecule has 0 aromatic heterocycles. The standard InChI is InChI=1S/C4H7NOS.CH3NOS.CH4O.Na.H/c1-2-3-5-4(6)7;2-1(3)4;1-2;;/h2H,1,3H2,(H2,5,6,7);(H3,2,3,4);2H,1H3;;. The topological polar surface area (TPSA) is 98.7 Å². The molecule has 8 heteroatoms. The van der Waals surface area contributed by atoms with Crippen molar-refractivity contribution < 1.29 is 15.3 Å². The van der Waals surface area contributed by atoms with Crippen molar-refractivity contribution in [1.82, 2.24) is 5.32 Å². The number of rotatable bonds is 2. The van der Waals surface area contributed by atoms with E-state index in [1.54, 1.807) is 6.08 Å². The summed E-state index contributed by atoms with van der Waals surface area (Å²) in [5, 5.41) is 24.6. The van der Waals surface area contributed by atoms with E-state index in [9.17, 15) is 0 Å². The molecule has 0 radical (unpaired) electrons. The van der Waals surface area contributed by atoms with Gasteiger partial charge in [-0.15, -0.1) is 6.58 Å². The Hall–Kier alpha value is 0.0800. The van der Waals surface area contributed by atoms with Gasteiger partial charge < -0.3 is 26.4 Å². The van der Waals surface area contributed by atoms with Crippen LogP contribution >= 0.6 is 24.4 Å². The molecule has 0 aliphatic rings. The van der Waals surface area contributed by atoms with Crippen molar-refractivity contribution in [2.45, 2.75) is 0 Å². The van der Waals surface area contributed by atoms with Gasteiger partial charge in [0.25, 0.3) is 10.3 Å². The van der Waals surface area contributed by atoms with Gasteiger partial charge in [-0.25, -0.2) is 0 Å². The van der Waals surface area contributed by atoms with Crippen molar-refractivity contribution in [2.24, 2.45) is 5.73 Å². The molecule has 0 fully saturated rings. The molecule has 0 aliphatic heterocycles. The second-order valence-electron chi connectivity index (χ2n) is 1.31. The number of nitrogens with one attached hydrogen (secondary N) is 1. The molecule has 0 aromatic carbocycles. The van der Waals surface area contributed by atoms with E-state index < -0.39 is 5.17 Å². The number of hydrogen-bond donors (Lipinski definition) is 5. The van der Waals surface area contributed by atoms with Crippen LogP contribution in [0.4, 0.5) is 0 Å². The van der Waals surface area contributed by atoms with Gasteiger partial charge in [-0.05, 0) is 24.4 Å². The van der Waals surface area contributed by atoms with Gasteiger partial charge in [-0.1, -0.05) is 6.08 Å². The van der Waals surface area contributed by atoms with Crippen molar-refractivity contribution in [2.75, 3.05) is 13.7 Å². The zero-order valence-corrected chi connectivity index (χ0v) is 8.86. The Bertz CT molecular complexity index is 154. The molecule has 0 amide bonds. The molecule has 14 heavy (non-hydrogen) atoms. The van der Waals surface area contributed by atoms with Gasteiger partial charge in [0.1, 0.15) is 0 Å². The molecular formula is C6H15N2NaO3S2. The van der Waals surface area contributed by atoms with Crippen molar-refractivity contribution in [3.63, 3.8) is 0 Å². The Morgan fingerprint density at radius 2 is 1.71 bits per heavy atom. The van der Waals surface area contributed by atoms with Crippen molar-refractivity contribution in [3.8, 4) is 0 Å². The van der Waals surface area contributed by atoms with Crippen LogP contribution in [0.5, 0.6) is 0 Å². The van der Waals surface area contributed by atoms with Crippen molar-refractivity contribution in [1.29, 1.82) is 0 Å². The second kappa shape index (κ2) is 23.2. The zero-order valence-electron chi connectivity index (χ0n) is 7.23. The van der Waals surface area contributed by atoms with E-state index in [1.807, 2.05) is 0 Å². The van der Waals surface area contributed by atoms with Crippen LogP contribution in [0.15, 0.2) is 12.7 Å². The average molecular weight is 250 g/mol. The summed E-state index contributed by atoms with van der Waals surface area (Å²) in [5.41, 5.74) is 4.40. The fourth-order valence-electron chi connectivity index (χ4n) is 0.159. The third-order valence-electron chi connectivity index (χ3n) is 0.398. The molecule has 0 rings (SSSR count). The van der Waals surface area contributed by atoms with Gasteiger partial charge in [0.05, 0.1) is 0 Å². The monoisotopic (exact) mass is 250 g/mol. The van der Waals surface area contributed by atoms with Gasteiger partial charge in [0.15, 0.2) is 0 Å². The summed E-state index contributed by atoms with van der Waals surface area (Å²) >= 11 is 8.13. The summed E-state index contributed by atoms with van der Waals surface area (Å²) in [5.74, 6) is 0. The molecule has 0 saturated carbocycles. The van der Waals surface area contributed by atoms with E-state index in [0.29, 0.717) is 6.54 Å². The maximum atomic E-state index is 8.26. The summed E-state index contributed by atoms with van der Waals surface area (Å²) in [6, 6.07) is 0. The third-order valence-corrected chi connectivity index (χ3v) is 0.542. The van der Waals surface area contributed by atoms with E-state index >= 15 is 0 Å². The minimum atomic E-state index is -0.500. The van der Waals surface area contributed by atoms with Crippen LogP contribution in [0.25, 0.3) is 0 Å². The Morgan fingerprint density at radius 3 is 1.79 bits per heavy atom. The first-order valence-electron chi connectivity index (χ1n) is 3.01. The average Bonchev–Trinajstić information content (AvgIpc) is 2.03. The van der Waals surface area contributed by atoms with Gasteiger partial charge in [-0.3, -0.25) is 0 Å². The summed E-state index contributed by atoms with van der Waals surface area (Å²) in [6.07, 6.45) is 1.61. The molecule has 5 nitrogen and oxygen atoms in total. The SMILES string of the molecule is C=CCNC(O)=S.CO.NC(O)=S.[NaH]. The summed E-state index contributed by atoms with van der Waals surface area (Å²) < 4.78 is 0. The molecule has 6 N–H and O–H groups in total. The first-order chi connectivity index (χ1) is 6.00. The molecule has 0 heterocycles. The quantitative estimate of drug-likeness (QED) is 0.252. The second-order valence-corrected chi connectivity index (χ2v) is 2.12. The minimum absolute atomic E-state index is 0. The normalized spacial score (nSPS) is 5.86. The summed E-state index contributed by atoms with van der Waals surface area (Å²) in [6.45, 7) is 3.92. The number of aliphatic hydroxyl groups is 3. The van der Waals surface area contributed by atoms with E-state index in [2.05, 4.69) is 42.1 Å². The van der Waals surface area contributed by atoms with E-state index in [-0.39, 0.29) is 34.7 Å². The van der Waals surface area contributed by atoms with Gasteiger partial charge in [0.2, 0.25) is 0 Å². The first-order valence-corrected chi connectivity index (χ1v) is 3.83. The maximum absolute atomic E-state index is 8.26. The third kappa shape index (κ3) is 89.1. The summed E-state index contributed by atoms with van der Waals surface area (Å²) in [4.78, 5) is 0. The van der Waals surface area contributed by atoms with Crippen molar-refractivity contribution in [3.05, 3.63) is 12.7 Å². The Morgan fingerprint density at radius 1 is 1.43 bits per heavy atom. The number of hydrogen-bond acceptors (Lipinski definition) is 3.